The third-order valence-electron chi connectivity index (χ3n) is 8.38. The molecule has 9 heteroatoms. The molecule has 1 spiro atoms. The number of carbonyl (C=O) groups is 2. The predicted octanol–water partition coefficient (Wildman–Crippen LogP) is 3.08. The molecule has 0 radical (unpaired) electrons. The van der Waals surface area contributed by atoms with E-state index in [9.17, 15) is 14.7 Å². The fraction of sp³-hybridized carbons (Fsp3) is 0.643. The van der Waals surface area contributed by atoms with Gasteiger partial charge >= 0.3 is 11.9 Å². The molecule has 202 valence electrons. The van der Waals surface area contributed by atoms with Crippen molar-refractivity contribution >= 4 is 11.9 Å². The molecule has 9 nitrogen and oxygen atoms in total. The molecule has 1 aromatic rings. The van der Waals surface area contributed by atoms with Crippen molar-refractivity contribution in [2.45, 2.75) is 75.5 Å². The van der Waals surface area contributed by atoms with E-state index < -0.39 is 30.1 Å². The summed E-state index contributed by atoms with van der Waals surface area (Å²) < 4.78 is 28.1. The van der Waals surface area contributed by atoms with Gasteiger partial charge in [0.25, 0.3) is 0 Å². The fourth-order valence-corrected chi connectivity index (χ4v) is 6.42. The maximum atomic E-state index is 13.7. The zero-order chi connectivity index (χ0) is 26.4. The summed E-state index contributed by atoms with van der Waals surface area (Å²) in [5, 5.41) is 11.4. The van der Waals surface area contributed by atoms with E-state index in [-0.39, 0.29) is 30.6 Å². The van der Waals surface area contributed by atoms with Gasteiger partial charge in [-0.3, -0.25) is 9.69 Å². The molecule has 0 unspecified atom stereocenters. The SMILES string of the molecule is COC(=O)C[C@@](O)(CCC(C)C)C(=O)O[C@@H]1C(OC)=C[C@]23CCCN2CCc2cc4c(cc2[C@H]13)OCO4. The Morgan fingerprint density at radius 2 is 1.97 bits per heavy atom. The zero-order valence-electron chi connectivity index (χ0n) is 22.1. The largest absolute Gasteiger partial charge is 0.497 e. The normalized spacial score (nSPS) is 27.5. The molecule has 4 atom stereocenters. The van der Waals surface area contributed by atoms with E-state index in [4.69, 9.17) is 23.7 Å². The number of benzene rings is 1. The molecule has 1 fully saturated rings. The Hall–Kier alpha value is -2.78. The number of ether oxygens (including phenoxy) is 5. The minimum Gasteiger partial charge on any atom is -0.497 e. The summed E-state index contributed by atoms with van der Waals surface area (Å²) in [6, 6.07) is 4.05. The van der Waals surface area contributed by atoms with E-state index in [1.165, 1.54) is 7.11 Å². The number of hydrogen-bond donors (Lipinski definition) is 1. The van der Waals surface area contributed by atoms with Crippen LogP contribution in [0.4, 0.5) is 0 Å². The second kappa shape index (κ2) is 9.83. The molecular weight excluding hydrogens is 478 g/mol. The van der Waals surface area contributed by atoms with Gasteiger partial charge in [-0.2, -0.15) is 0 Å². The Bertz CT molecular complexity index is 1100. The van der Waals surface area contributed by atoms with Gasteiger partial charge in [0.2, 0.25) is 6.79 Å². The van der Waals surface area contributed by atoms with Crippen LogP contribution in [0.5, 0.6) is 11.5 Å². The Balaban J connectivity index is 1.54. The zero-order valence-corrected chi connectivity index (χ0v) is 22.1. The highest BCUT2D eigenvalue weighted by Crippen LogP contribution is 2.55. The summed E-state index contributed by atoms with van der Waals surface area (Å²) in [6.45, 7) is 5.97. The molecule has 0 bridgehead atoms. The maximum Gasteiger partial charge on any atom is 0.339 e. The van der Waals surface area contributed by atoms with E-state index >= 15 is 0 Å². The lowest BCUT2D eigenvalue weighted by molar-refractivity contribution is -0.178. The van der Waals surface area contributed by atoms with Crippen LogP contribution in [0.2, 0.25) is 0 Å². The summed E-state index contributed by atoms with van der Waals surface area (Å²) in [4.78, 5) is 28.3. The third-order valence-corrected chi connectivity index (χ3v) is 8.38. The van der Waals surface area contributed by atoms with Gasteiger partial charge in [0.05, 0.1) is 32.1 Å². The molecule has 1 saturated heterocycles. The van der Waals surface area contributed by atoms with Crippen LogP contribution in [0.3, 0.4) is 0 Å². The second-order valence-corrected chi connectivity index (χ2v) is 11.0. The quantitative estimate of drug-likeness (QED) is 0.523. The van der Waals surface area contributed by atoms with Crippen LogP contribution >= 0.6 is 0 Å². The van der Waals surface area contributed by atoms with Crippen molar-refractivity contribution in [3.8, 4) is 11.5 Å². The Morgan fingerprint density at radius 3 is 2.68 bits per heavy atom. The molecule has 1 aromatic carbocycles. The smallest absolute Gasteiger partial charge is 0.339 e. The molecule has 37 heavy (non-hydrogen) atoms. The van der Waals surface area contributed by atoms with Crippen LogP contribution in [-0.2, 0) is 30.2 Å². The van der Waals surface area contributed by atoms with Gasteiger partial charge < -0.3 is 28.8 Å². The highest BCUT2D eigenvalue weighted by atomic mass is 16.7. The number of hydrogen-bond acceptors (Lipinski definition) is 9. The first kappa shape index (κ1) is 25.9. The molecule has 1 aliphatic carbocycles. The molecule has 4 aliphatic rings. The van der Waals surface area contributed by atoms with Crippen molar-refractivity contribution in [3.63, 3.8) is 0 Å². The minimum absolute atomic E-state index is 0.0918. The predicted molar refractivity (Wildman–Crippen MR) is 133 cm³/mol. The number of esters is 2. The maximum absolute atomic E-state index is 13.7. The van der Waals surface area contributed by atoms with Gasteiger partial charge in [0.15, 0.2) is 23.2 Å². The fourth-order valence-electron chi connectivity index (χ4n) is 6.42. The number of nitrogens with zero attached hydrogens (tertiary/aromatic N) is 1. The summed E-state index contributed by atoms with van der Waals surface area (Å²) in [7, 11) is 2.82. The lowest BCUT2D eigenvalue weighted by atomic mass is 9.77. The number of methoxy groups -OCH3 is 2. The topological polar surface area (TPSA) is 104 Å². The molecular formula is C28H37NO8. The first-order valence-electron chi connectivity index (χ1n) is 13.2. The van der Waals surface area contributed by atoms with Crippen molar-refractivity contribution in [1.82, 2.24) is 4.90 Å². The van der Waals surface area contributed by atoms with E-state index in [0.29, 0.717) is 17.9 Å². The second-order valence-electron chi connectivity index (χ2n) is 11.0. The van der Waals surface area contributed by atoms with Crippen molar-refractivity contribution < 1.29 is 38.4 Å². The van der Waals surface area contributed by atoms with E-state index in [1.54, 1.807) is 7.11 Å². The first-order valence-corrected chi connectivity index (χ1v) is 13.2. The Kier molecular flexibility index (Phi) is 6.87. The van der Waals surface area contributed by atoms with Crippen LogP contribution in [0.15, 0.2) is 24.0 Å². The van der Waals surface area contributed by atoms with Crippen LogP contribution in [0.1, 0.15) is 63.0 Å². The molecule has 5 rings (SSSR count). The third kappa shape index (κ3) is 4.46. The first-order chi connectivity index (χ1) is 17.7. The van der Waals surface area contributed by atoms with E-state index in [1.807, 2.05) is 26.0 Å². The van der Waals surface area contributed by atoms with Crippen molar-refractivity contribution in [3.05, 3.63) is 35.1 Å². The van der Waals surface area contributed by atoms with Crippen molar-refractivity contribution in [2.75, 3.05) is 34.1 Å². The molecule has 3 aliphatic heterocycles. The Morgan fingerprint density at radius 1 is 1.22 bits per heavy atom. The van der Waals surface area contributed by atoms with Crippen LogP contribution in [0.25, 0.3) is 0 Å². The molecule has 0 saturated carbocycles. The summed E-state index contributed by atoms with van der Waals surface area (Å²) >= 11 is 0. The average molecular weight is 516 g/mol. The van der Waals surface area contributed by atoms with Crippen LogP contribution in [-0.4, -0.2) is 73.3 Å². The van der Waals surface area contributed by atoms with E-state index in [0.717, 1.165) is 49.2 Å². The van der Waals surface area contributed by atoms with Crippen molar-refractivity contribution in [1.29, 1.82) is 0 Å². The average Bonchev–Trinajstić information content (AvgIpc) is 3.56. The lowest BCUT2D eigenvalue weighted by Crippen LogP contribution is -2.49. The van der Waals surface area contributed by atoms with Crippen LogP contribution in [0, 0.1) is 5.92 Å². The number of fused-ring (bicyclic) bond motifs is 3. The van der Waals surface area contributed by atoms with Gasteiger partial charge in [-0.15, -0.1) is 0 Å². The van der Waals surface area contributed by atoms with Gasteiger partial charge in [-0.25, -0.2) is 4.79 Å². The van der Waals surface area contributed by atoms with Gasteiger partial charge in [-0.05, 0) is 73.9 Å². The molecule has 0 amide bonds. The molecule has 3 heterocycles. The van der Waals surface area contributed by atoms with Gasteiger partial charge in [0.1, 0.15) is 5.76 Å². The lowest BCUT2D eigenvalue weighted by Gasteiger charge is -2.39. The standard InChI is InChI=1S/C28H37NO8/c1-17(2)6-9-28(32,15-23(30)34-4)26(31)37-25-22(33-3)14-27-8-5-10-29(27)11-7-18-12-20-21(36-16-35-20)13-19(18)24(25)27/h12-14,17,24-25,32H,5-11,15-16H2,1-4H3/t24-,25-,27+,28+/m1/s1. The Labute approximate surface area is 217 Å². The van der Waals surface area contributed by atoms with Crippen molar-refractivity contribution in [2.24, 2.45) is 5.92 Å². The van der Waals surface area contributed by atoms with E-state index in [2.05, 4.69) is 11.0 Å². The summed E-state index contributed by atoms with van der Waals surface area (Å²) in [6.07, 6.45) is 4.26. The highest BCUT2D eigenvalue weighted by Gasteiger charge is 2.59. The number of carbonyl (C=O) groups excluding carboxylic acids is 2. The minimum atomic E-state index is -2.00. The summed E-state index contributed by atoms with van der Waals surface area (Å²) in [5.74, 6) is 0.431. The van der Waals surface area contributed by atoms with Crippen LogP contribution < -0.4 is 9.47 Å². The number of rotatable bonds is 8. The monoisotopic (exact) mass is 515 g/mol. The number of aliphatic hydroxyl groups is 1. The summed E-state index contributed by atoms with van der Waals surface area (Å²) in [5.41, 5.74) is -0.217. The molecule has 1 N–H and O–H groups in total. The highest BCUT2D eigenvalue weighted by molar-refractivity contribution is 5.86. The molecule has 0 aromatic heterocycles. The van der Waals surface area contributed by atoms with Gasteiger partial charge in [-0.1, -0.05) is 13.8 Å². The van der Waals surface area contributed by atoms with Gasteiger partial charge in [0, 0.05) is 6.54 Å².